The monoisotopic (exact) mass is 464 g/mol. The van der Waals surface area contributed by atoms with Gasteiger partial charge in [0, 0.05) is 6.42 Å². The fraction of sp³-hybridized carbons (Fsp3) is 0.217. The van der Waals surface area contributed by atoms with Crippen molar-refractivity contribution in [2.75, 3.05) is 6.61 Å². The first kappa shape index (κ1) is 22.7. The van der Waals surface area contributed by atoms with Crippen LogP contribution in [-0.4, -0.2) is 12.9 Å². The van der Waals surface area contributed by atoms with Crippen molar-refractivity contribution in [3.05, 3.63) is 94.5 Å². The summed E-state index contributed by atoms with van der Waals surface area (Å²) in [5.74, 6) is 1.31. The molecule has 158 valence electrons. The third kappa shape index (κ3) is 6.52. The van der Waals surface area contributed by atoms with E-state index in [9.17, 15) is 4.57 Å². The summed E-state index contributed by atoms with van der Waals surface area (Å²) in [6.07, 6.45) is -0.386. The number of ether oxygens (including phenoxy) is 2. The minimum absolute atomic E-state index is 0.305. The van der Waals surface area contributed by atoms with E-state index in [-0.39, 0.29) is 0 Å². The summed E-state index contributed by atoms with van der Waals surface area (Å²) in [7, 11) is -2.45. The van der Waals surface area contributed by atoms with E-state index in [0.717, 1.165) is 5.56 Å². The highest BCUT2D eigenvalue weighted by atomic mass is 35.5. The van der Waals surface area contributed by atoms with E-state index in [1.807, 2.05) is 73.7 Å². The molecule has 0 saturated carbocycles. The number of para-hydroxylation sites is 2. The quantitative estimate of drug-likeness (QED) is 0.231. The van der Waals surface area contributed by atoms with Gasteiger partial charge in [-0.25, -0.2) is 0 Å². The lowest BCUT2D eigenvalue weighted by Gasteiger charge is -2.25. The summed E-state index contributed by atoms with van der Waals surface area (Å²) >= 11 is 12.3. The maximum Gasteiger partial charge on any atom is 0.242 e. The number of hydrogen-bond acceptors (Lipinski definition) is 4. The van der Waals surface area contributed by atoms with Crippen molar-refractivity contribution in [2.45, 2.75) is 25.3 Å². The number of hydrogen-bond donors (Lipinski definition) is 0. The molecule has 0 spiro atoms. The van der Waals surface area contributed by atoms with Crippen molar-refractivity contribution in [3.8, 4) is 11.5 Å². The molecule has 3 aromatic carbocycles. The first-order chi connectivity index (χ1) is 14.6. The van der Waals surface area contributed by atoms with Crippen molar-refractivity contribution in [3.63, 3.8) is 0 Å². The molecule has 3 rings (SSSR count). The topological polar surface area (TPSA) is 44.8 Å². The first-order valence-corrected chi connectivity index (χ1v) is 11.8. The van der Waals surface area contributed by atoms with Crippen LogP contribution in [0.5, 0.6) is 11.5 Å². The molecule has 0 aliphatic rings. The van der Waals surface area contributed by atoms with Gasteiger partial charge in [0.1, 0.15) is 11.5 Å². The zero-order chi connectivity index (χ0) is 21.3. The molecule has 0 saturated heterocycles. The van der Waals surface area contributed by atoms with Crippen LogP contribution in [0.3, 0.4) is 0 Å². The summed E-state index contributed by atoms with van der Waals surface area (Å²) in [5, 5.41) is 0.836. The van der Waals surface area contributed by atoms with Crippen molar-refractivity contribution in [2.24, 2.45) is 0 Å². The third-order valence-corrected chi connectivity index (χ3v) is 6.82. The Morgan fingerprint density at radius 2 is 1.40 bits per heavy atom. The zero-order valence-electron chi connectivity index (χ0n) is 16.5. The van der Waals surface area contributed by atoms with Crippen LogP contribution in [0, 0.1) is 0 Å². The number of rotatable bonds is 10. The van der Waals surface area contributed by atoms with Gasteiger partial charge in [-0.1, -0.05) is 65.7 Å². The fourth-order valence-electron chi connectivity index (χ4n) is 2.95. The first-order valence-electron chi connectivity index (χ1n) is 9.61. The van der Waals surface area contributed by atoms with E-state index in [4.69, 9.17) is 37.2 Å². The molecular weight excluding hydrogens is 442 g/mol. The minimum Gasteiger partial charge on any atom is -0.455 e. The molecular formula is C23H23Cl2O4P. The molecule has 0 fully saturated rings. The maximum absolute atomic E-state index is 13.0. The molecule has 0 radical (unpaired) electrons. The van der Waals surface area contributed by atoms with Crippen molar-refractivity contribution >= 4 is 31.2 Å². The van der Waals surface area contributed by atoms with Crippen LogP contribution in [0.25, 0.3) is 0 Å². The lowest BCUT2D eigenvalue weighted by atomic mass is 10.1. The predicted molar refractivity (Wildman–Crippen MR) is 122 cm³/mol. The second-order valence-corrected chi connectivity index (χ2v) is 8.94. The SMILES string of the molecule is CCO[PH](=O)C(CC(Oc1ccccc1)Oc1ccccc1)c1ccc(Cl)c(Cl)c1. The average molecular weight is 465 g/mol. The Morgan fingerprint density at radius 1 is 0.833 bits per heavy atom. The molecule has 4 nitrogen and oxygen atoms in total. The number of benzene rings is 3. The van der Waals surface area contributed by atoms with Crippen LogP contribution in [0.2, 0.25) is 10.0 Å². The Morgan fingerprint density at radius 3 is 1.90 bits per heavy atom. The lowest BCUT2D eigenvalue weighted by Crippen LogP contribution is -2.26. The van der Waals surface area contributed by atoms with E-state index in [2.05, 4.69) is 0 Å². The van der Waals surface area contributed by atoms with Gasteiger partial charge < -0.3 is 14.0 Å². The van der Waals surface area contributed by atoms with E-state index < -0.39 is 20.0 Å². The van der Waals surface area contributed by atoms with E-state index >= 15 is 0 Å². The third-order valence-electron chi connectivity index (χ3n) is 4.37. The second-order valence-electron chi connectivity index (χ2n) is 6.51. The lowest BCUT2D eigenvalue weighted by molar-refractivity contribution is -0.00192. The minimum atomic E-state index is -2.45. The van der Waals surface area contributed by atoms with Crippen LogP contribution in [-0.2, 0) is 9.09 Å². The molecule has 0 amide bonds. The van der Waals surface area contributed by atoms with Crippen molar-refractivity contribution < 1.29 is 18.6 Å². The molecule has 7 heteroatoms. The van der Waals surface area contributed by atoms with Gasteiger partial charge >= 0.3 is 0 Å². The van der Waals surface area contributed by atoms with Crippen LogP contribution in [0.15, 0.2) is 78.9 Å². The van der Waals surface area contributed by atoms with Crippen LogP contribution >= 0.6 is 31.2 Å². The largest absolute Gasteiger partial charge is 0.455 e. The normalized spacial score (nSPS) is 13.1. The molecule has 0 aliphatic carbocycles. The Labute approximate surface area is 187 Å². The van der Waals surface area contributed by atoms with Gasteiger partial charge in [-0.3, -0.25) is 4.57 Å². The summed E-state index contributed by atoms with van der Waals surface area (Å²) in [6.45, 7) is 2.16. The fourth-order valence-corrected chi connectivity index (χ4v) is 4.58. The second kappa shape index (κ2) is 11.4. The average Bonchev–Trinajstić information content (AvgIpc) is 2.75. The highest BCUT2D eigenvalue weighted by molar-refractivity contribution is 7.39. The molecule has 0 aromatic heterocycles. The standard InChI is InChI=1S/C23H23Cl2O4P/c1-2-27-30(26)22(17-13-14-20(24)21(25)15-17)16-23(28-18-9-5-3-6-10-18)29-19-11-7-4-8-12-19/h3-15,22-23,30H,2,16H2,1H3. The molecule has 2 unspecified atom stereocenters. The molecule has 0 bridgehead atoms. The maximum atomic E-state index is 13.0. The van der Waals surface area contributed by atoms with Crippen molar-refractivity contribution in [1.29, 1.82) is 0 Å². The number of halogens is 2. The highest BCUT2D eigenvalue weighted by Crippen LogP contribution is 2.46. The molecule has 30 heavy (non-hydrogen) atoms. The Bertz CT molecular complexity index is 912. The highest BCUT2D eigenvalue weighted by Gasteiger charge is 2.27. The smallest absolute Gasteiger partial charge is 0.242 e. The summed E-state index contributed by atoms with van der Waals surface area (Å²) in [6, 6.07) is 24.0. The van der Waals surface area contributed by atoms with Gasteiger partial charge in [0.25, 0.3) is 0 Å². The Kier molecular flexibility index (Phi) is 8.65. The van der Waals surface area contributed by atoms with Gasteiger partial charge in [0.15, 0.2) is 8.03 Å². The van der Waals surface area contributed by atoms with E-state index in [1.165, 1.54) is 0 Å². The molecule has 0 heterocycles. The van der Waals surface area contributed by atoms with Gasteiger partial charge in [-0.05, 0) is 48.9 Å². The van der Waals surface area contributed by atoms with Gasteiger partial charge in [0.2, 0.25) is 6.29 Å². The van der Waals surface area contributed by atoms with E-state index in [1.54, 1.807) is 12.1 Å². The van der Waals surface area contributed by atoms with Gasteiger partial charge in [-0.15, -0.1) is 0 Å². The summed E-state index contributed by atoms with van der Waals surface area (Å²) in [4.78, 5) is 0. The van der Waals surface area contributed by atoms with Gasteiger partial charge in [-0.2, -0.15) is 0 Å². The van der Waals surface area contributed by atoms with Crippen LogP contribution in [0.4, 0.5) is 0 Å². The van der Waals surface area contributed by atoms with Gasteiger partial charge in [0.05, 0.1) is 22.3 Å². The zero-order valence-corrected chi connectivity index (χ0v) is 19.0. The molecule has 0 aliphatic heterocycles. The predicted octanol–water partition coefficient (Wildman–Crippen LogP) is 7.42. The molecule has 0 N–H and O–H groups in total. The Balaban J connectivity index is 1.89. The molecule has 2 atom stereocenters. The summed E-state index contributed by atoms with van der Waals surface area (Å²) < 4.78 is 30.6. The van der Waals surface area contributed by atoms with E-state index in [0.29, 0.717) is 34.6 Å². The molecule has 3 aromatic rings. The summed E-state index contributed by atoms with van der Waals surface area (Å²) in [5.41, 5.74) is 0.308. The van der Waals surface area contributed by atoms with Crippen LogP contribution in [0.1, 0.15) is 24.6 Å². The van der Waals surface area contributed by atoms with Crippen LogP contribution < -0.4 is 9.47 Å². The Hall–Kier alpha value is -1.97. The van der Waals surface area contributed by atoms with Crippen molar-refractivity contribution in [1.82, 2.24) is 0 Å².